The summed E-state index contributed by atoms with van der Waals surface area (Å²) in [6, 6.07) is 16.1. The number of aliphatic hydroxyl groups is 1. The van der Waals surface area contributed by atoms with Gasteiger partial charge in [0.25, 0.3) is 0 Å². The van der Waals surface area contributed by atoms with E-state index in [2.05, 4.69) is 10.3 Å². The SMILES string of the molecule is COc1ccc(S(=O)(=O)N(CC(C)C)C[C@@H](O)[C@H](Cc2ccccc2)NC(=O)Cc2ccc(OC)c(O)c2)cn1. The van der Waals surface area contributed by atoms with E-state index < -0.39 is 22.2 Å². The molecule has 3 N–H and O–H groups in total. The molecule has 0 fully saturated rings. The molecule has 40 heavy (non-hydrogen) atoms. The minimum Gasteiger partial charge on any atom is -0.504 e. The van der Waals surface area contributed by atoms with Gasteiger partial charge in [0.2, 0.25) is 21.8 Å². The number of carbonyl (C=O) groups excluding carboxylic acids is 1. The lowest BCUT2D eigenvalue weighted by Crippen LogP contribution is -2.51. The van der Waals surface area contributed by atoms with Crippen molar-refractivity contribution in [1.82, 2.24) is 14.6 Å². The van der Waals surface area contributed by atoms with Gasteiger partial charge < -0.3 is 25.0 Å². The molecule has 0 saturated carbocycles. The summed E-state index contributed by atoms with van der Waals surface area (Å²) in [5.74, 6) is 0.0711. The highest BCUT2D eigenvalue weighted by molar-refractivity contribution is 7.89. The average molecular weight is 572 g/mol. The summed E-state index contributed by atoms with van der Waals surface area (Å²) < 4.78 is 38.4. The van der Waals surface area contributed by atoms with E-state index in [0.717, 1.165) is 5.56 Å². The van der Waals surface area contributed by atoms with Gasteiger partial charge in [0.1, 0.15) is 4.90 Å². The first-order valence-corrected chi connectivity index (χ1v) is 14.3. The van der Waals surface area contributed by atoms with Crippen LogP contribution in [0.5, 0.6) is 17.4 Å². The maximum absolute atomic E-state index is 13.5. The van der Waals surface area contributed by atoms with Crippen molar-refractivity contribution < 1.29 is 32.9 Å². The van der Waals surface area contributed by atoms with E-state index in [1.807, 2.05) is 44.2 Å². The van der Waals surface area contributed by atoms with E-state index in [9.17, 15) is 23.4 Å². The highest BCUT2D eigenvalue weighted by Gasteiger charge is 2.31. The van der Waals surface area contributed by atoms with Crippen molar-refractivity contribution in [1.29, 1.82) is 0 Å². The van der Waals surface area contributed by atoms with Crippen molar-refractivity contribution >= 4 is 15.9 Å². The van der Waals surface area contributed by atoms with Crippen LogP contribution in [0.25, 0.3) is 0 Å². The molecule has 0 bridgehead atoms. The van der Waals surface area contributed by atoms with E-state index in [4.69, 9.17) is 9.47 Å². The zero-order chi connectivity index (χ0) is 29.3. The number of methoxy groups -OCH3 is 2. The van der Waals surface area contributed by atoms with Crippen molar-refractivity contribution in [3.05, 3.63) is 78.0 Å². The molecule has 2 aromatic carbocycles. The molecule has 2 atom stereocenters. The van der Waals surface area contributed by atoms with E-state index in [0.29, 0.717) is 11.3 Å². The molecule has 1 aromatic heterocycles. The molecule has 0 aliphatic heterocycles. The van der Waals surface area contributed by atoms with Crippen molar-refractivity contribution in [2.75, 3.05) is 27.3 Å². The Kier molecular flexibility index (Phi) is 10.9. The second-order valence-corrected chi connectivity index (χ2v) is 11.8. The highest BCUT2D eigenvalue weighted by Crippen LogP contribution is 2.26. The number of aromatic nitrogens is 1. The van der Waals surface area contributed by atoms with Crippen LogP contribution in [0.3, 0.4) is 0 Å². The van der Waals surface area contributed by atoms with Crippen LogP contribution in [-0.2, 0) is 27.7 Å². The summed E-state index contributed by atoms with van der Waals surface area (Å²) in [5, 5.41) is 24.3. The molecule has 1 amide bonds. The molecular formula is C29H37N3O7S. The maximum Gasteiger partial charge on any atom is 0.244 e. The minimum absolute atomic E-state index is 0.0240. The number of aliphatic hydroxyl groups excluding tert-OH is 1. The van der Waals surface area contributed by atoms with Crippen molar-refractivity contribution in [2.45, 2.75) is 43.7 Å². The van der Waals surface area contributed by atoms with Gasteiger partial charge in [-0.2, -0.15) is 4.31 Å². The van der Waals surface area contributed by atoms with Crippen LogP contribution in [0.15, 0.2) is 71.8 Å². The van der Waals surface area contributed by atoms with Crippen molar-refractivity contribution in [2.24, 2.45) is 5.92 Å². The largest absolute Gasteiger partial charge is 0.504 e. The summed E-state index contributed by atoms with van der Waals surface area (Å²) in [7, 11) is -1.13. The van der Waals surface area contributed by atoms with Crippen LogP contribution in [0.4, 0.5) is 0 Å². The van der Waals surface area contributed by atoms with Crippen molar-refractivity contribution in [3.63, 3.8) is 0 Å². The average Bonchev–Trinajstić information content (AvgIpc) is 2.92. The number of benzene rings is 2. The van der Waals surface area contributed by atoms with E-state index >= 15 is 0 Å². The summed E-state index contributed by atoms with van der Waals surface area (Å²) >= 11 is 0. The van der Waals surface area contributed by atoms with Gasteiger partial charge in [0.15, 0.2) is 11.5 Å². The van der Waals surface area contributed by atoms with Crippen LogP contribution < -0.4 is 14.8 Å². The molecule has 0 aliphatic rings. The first-order valence-electron chi connectivity index (χ1n) is 12.9. The smallest absolute Gasteiger partial charge is 0.244 e. The third-order valence-electron chi connectivity index (χ3n) is 6.23. The third-order valence-corrected chi connectivity index (χ3v) is 8.05. The van der Waals surface area contributed by atoms with Gasteiger partial charge in [0, 0.05) is 19.2 Å². The van der Waals surface area contributed by atoms with Crippen LogP contribution in [0.2, 0.25) is 0 Å². The first-order chi connectivity index (χ1) is 19.0. The highest BCUT2D eigenvalue weighted by atomic mass is 32.2. The number of ether oxygens (including phenoxy) is 2. The Morgan fingerprint density at radius 1 is 1.00 bits per heavy atom. The van der Waals surface area contributed by atoms with E-state index in [1.165, 1.54) is 42.9 Å². The number of aromatic hydroxyl groups is 1. The monoisotopic (exact) mass is 571 g/mol. The van der Waals surface area contributed by atoms with E-state index in [1.54, 1.807) is 12.1 Å². The predicted octanol–water partition coefficient (Wildman–Crippen LogP) is 2.78. The Morgan fingerprint density at radius 2 is 1.73 bits per heavy atom. The van der Waals surface area contributed by atoms with Gasteiger partial charge in [0.05, 0.1) is 39.0 Å². The molecule has 11 heteroatoms. The standard InChI is InChI=1S/C29H37N3O7S/c1-20(2)18-32(40(36,37)23-11-13-29(39-4)30-17-23)19-26(34)24(14-21-8-6-5-7-9-21)31-28(35)16-22-10-12-27(38-3)25(33)15-22/h5-13,15,17,20,24,26,33-34H,14,16,18-19H2,1-4H3,(H,31,35)/t24-,26+/m0/s1. The number of carbonyl (C=O) groups is 1. The number of phenolic OH excluding ortho intramolecular Hbond substituents is 1. The Balaban J connectivity index is 1.83. The fraction of sp³-hybridized carbons (Fsp3) is 0.379. The number of phenols is 1. The molecule has 0 aliphatic carbocycles. The molecule has 0 radical (unpaired) electrons. The van der Waals surface area contributed by atoms with Crippen molar-refractivity contribution in [3.8, 4) is 17.4 Å². The van der Waals surface area contributed by atoms with Gasteiger partial charge in [-0.05, 0) is 41.7 Å². The topological polar surface area (TPSA) is 138 Å². The normalized spacial score (nSPS) is 13.2. The number of sulfonamides is 1. The minimum atomic E-state index is -4.01. The second kappa shape index (κ2) is 14.1. The van der Waals surface area contributed by atoms with Gasteiger partial charge in [-0.1, -0.05) is 50.2 Å². The van der Waals surface area contributed by atoms with Crippen LogP contribution in [0, 0.1) is 5.92 Å². The zero-order valence-corrected chi connectivity index (χ0v) is 24.0. The lowest BCUT2D eigenvalue weighted by molar-refractivity contribution is -0.122. The van der Waals surface area contributed by atoms with Gasteiger partial charge in [-0.3, -0.25) is 4.79 Å². The number of hydrogen-bond donors (Lipinski definition) is 3. The molecule has 216 valence electrons. The molecule has 3 aromatic rings. The lowest BCUT2D eigenvalue weighted by atomic mass is 10.00. The van der Waals surface area contributed by atoms with E-state index in [-0.39, 0.29) is 54.3 Å². The molecule has 10 nitrogen and oxygen atoms in total. The van der Waals surface area contributed by atoms with Crippen LogP contribution >= 0.6 is 0 Å². The number of rotatable bonds is 14. The summed E-state index contributed by atoms with van der Waals surface area (Å²) in [5.41, 5.74) is 1.42. The Bertz CT molecular complexity index is 1350. The molecular weight excluding hydrogens is 534 g/mol. The molecule has 0 saturated heterocycles. The summed E-state index contributed by atoms with van der Waals surface area (Å²) in [4.78, 5) is 17.0. The Hall–Kier alpha value is -3.67. The summed E-state index contributed by atoms with van der Waals surface area (Å²) in [6.07, 6.45) is 0.220. The molecule has 3 rings (SSSR count). The Morgan fingerprint density at radius 3 is 2.30 bits per heavy atom. The number of pyridine rings is 1. The quantitative estimate of drug-likeness (QED) is 0.269. The molecule has 0 unspecified atom stereocenters. The van der Waals surface area contributed by atoms with Crippen LogP contribution in [-0.4, -0.2) is 73.3 Å². The fourth-order valence-electron chi connectivity index (χ4n) is 4.24. The maximum atomic E-state index is 13.5. The first kappa shape index (κ1) is 30.9. The number of amides is 1. The third kappa shape index (κ3) is 8.41. The van der Waals surface area contributed by atoms with Gasteiger partial charge in [-0.25, -0.2) is 13.4 Å². The number of nitrogens with one attached hydrogen (secondary N) is 1. The fourth-order valence-corrected chi connectivity index (χ4v) is 5.81. The molecule has 0 spiro atoms. The number of nitrogens with zero attached hydrogens (tertiary/aromatic N) is 2. The number of hydrogen-bond acceptors (Lipinski definition) is 8. The van der Waals surface area contributed by atoms with Crippen LogP contribution in [0.1, 0.15) is 25.0 Å². The zero-order valence-electron chi connectivity index (χ0n) is 23.1. The van der Waals surface area contributed by atoms with Gasteiger partial charge in [-0.15, -0.1) is 0 Å². The summed E-state index contributed by atoms with van der Waals surface area (Å²) in [6.45, 7) is 3.68. The lowest BCUT2D eigenvalue weighted by Gasteiger charge is -2.30. The molecule has 1 heterocycles. The van der Waals surface area contributed by atoms with Gasteiger partial charge >= 0.3 is 0 Å². The predicted molar refractivity (Wildman–Crippen MR) is 151 cm³/mol. The Labute approximate surface area is 235 Å². The second-order valence-electron chi connectivity index (χ2n) is 9.87.